The largest absolute Gasteiger partial charge is 0.309 e. The Bertz CT molecular complexity index is 473. The summed E-state index contributed by atoms with van der Waals surface area (Å²) in [6.45, 7) is 4.51. The fourth-order valence-electron chi connectivity index (χ4n) is 1.21. The quantitative estimate of drug-likeness (QED) is 0.826. The summed E-state index contributed by atoms with van der Waals surface area (Å²) in [5.74, 6) is 0.364. The lowest BCUT2D eigenvalue weighted by Gasteiger charge is -2.18. The van der Waals surface area contributed by atoms with Crippen molar-refractivity contribution < 1.29 is 8.42 Å². The van der Waals surface area contributed by atoms with Crippen molar-refractivity contribution in [3.8, 4) is 0 Å². The van der Waals surface area contributed by atoms with Gasteiger partial charge in [0.2, 0.25) is 10.0 Å². The molecule has 1 aromatic rings. The predicted molar refractivity (Wildman–Crippen MR) is 67.3 cm³/mol. The van der Waals surface area contributed by atoms with Crippen molar-refractivity contribution in [1.29, 1.82) is 0 Å². The maximum atomic E-state index is 11.5. The van der Waals surface area contributed by atoms with Crippen LogP contribution in [0.5, 0.6) is 0 Å². The average Bonchev–Trinajstić information content (AvgIpc) is 2.24. The number of hydrogen-bond donors (Lipinski definition) is 1. The number of hydrogen-bond acceptors (Lipinski definition) is 5. The molecular weight excluding hydrogens is 240 g/mol. The zero-order valence-corrected chi connectivity index (χ0v) is 11.3. The Hall–Kier alpha value is -1.21. The topological polar surface area (TPSA) is 75.2 Å². The molecule has 0 fully saturated rings. The molecule has 1 N–H and O–H groups in total. The molecule has 7 heteroatoms. The third-order valence-corrected chi connectivity index (χ3v) is 3.39. The second-order valence-corrected chi connectivity index (χ2v) is 6.11. The molecule has 17 heavy (non-hydrogen) atoms. The highest BCUT2D eigenvalue weighted by Crippen LogP contribution is 2.15. The van der Waals surface area contributed by atoms with Crippen molar-refractivity contribution in [3.63, 3.8) is 0 Å². The lowest BCUT2D eigenvalue weighted by atomic mass is 10.3. The van der Waals surface area contributed by atoms with Crippen molar-refractivity contribution in [2.24, 2.45) is 0 Å². The molecule has 6 nitrogen and oxygen atoms in total. The van der Waals surface area contributed by atoms with Crippen LogP contribution in [0.15, 0.2) is 12.4 Å². The molecule has 0 aliphatic carbocycles. The van der Waals surface area contributed by atoms with Gasteiger partial charge in [0.05, 0.1) is 11.9 Å². The van der Waals surface area contributed by atoms with Gasteiger partial charge in [-0.05, 0) is 0 Å². The molecule has 0 bridgehead atoms. The molecule has 1 aromatic heterocycles. The zero-order valence-electron chi connectivity index (χ0n) is 10.5. The highest BCUT2D eigenvalue weighted by Gasteiger charge is 2.17. The molecule has 0 aliphatic rings. The molecule has 0 saturated carbocycles. The van der Waals surface area contributed by atoms with E-state index in [9.17, 15) is 8.42 Å². The van der Waals surface area contributed by atoms with E-state index in [1.54, 1.807) is 6.20 Å². The number of aromatic nitrogens is 2. The van der Waals surface area contributed by atoms with Crippen LogP contribution < -0.4 is 9.62 Å². The number of nitrogens with one attached hydrogen (secondary N) is 1. The van der Waals surface area contributed by atoms with Gasteiger partial charge in [0.25, 0.3) is 0 Å². The molecule has 0 unspecified atom stereocenters. The van der Waals surface area contributed by atoms with Crippen LogP contribution in [-0.4, -0.2) is 37.7 Å². The molecule has 0 radical (unpaired) electrons. The third kappa shape index (κ3) is 3.94. The van der Waals surface area contributed by atoms with Crippen molar-refractivity contribution in [2.45, 2.75) is 26.4 Å². The van der Waals surface area contributed by atoms with Gasteiger partial charge in [0.1, 0.15) is 0 Å². The van der Waals surface area contributed by atoms with E-state index in [4.69, 9.17) is 0 Å². The van der Waals surface area contributed by atoms with Gasteiger partial charge in [-0.25, -0.2) is 13.4 Å². The summed E-state index contributed by atoms with van der Waals surface area (Å²) in [6.07, 6.45) is 4.17. The zero-order chi connectivity index (χ0) is 13.1. The van der Waals surface area contributed by atoms with Gasteiger partial charge in [-0.2, -0.15) is 0 Å². The minimum Gasteiger partial charge on any atom is -0.309 e. The second-order valence-electron chi connectivity index (χ2n) is 4.09. The van der Waals surface area contributed by atoms with Crippen LogP contribution in [0.3, 0.4) is 0 Å². The fourth-order valence-corrected chi connectivity index (χ4v) is 1.67. The van der Waals surface area contributed by atoms with Crippen LogP contribution in [0, 0.1) is 0 Å². The predicted octanol–water partition coefficient (Wildman–Crippen LogP) is 0.370. The Morgan fingerprint density at radius 2 is 1.94 bits per heavy atom. The standard InChI is InChI=1S/C10H18N4O2S/c1-8(2)13-7-9-10(12-6-5-11-9)14(3)17(4,15)16/h5-6,8,13H,7H2,1-4H3. The lowest BCUT2D eigenvalue weighted by Crippen LogP contribution is -2.29. The minimum absolute atomic E-state index is 0.299. The summed E-state index contributed by atoms with van der Waals surface area (Å²) in [7, 11) is -1.84. The van der Waals surface area contributed by atoms with Crippen molar-refractivity contribution in [2.75, 3.05) is 17.6 Å². The first-order valence-electron chi connectivity index (χ1n) is 5.29. The Labute approximate surface area is 102 Å². The highest BCUT2D eigenvalue weighted by molar-refractivity contribution is 7.92. The van der Waals surface area contributed by atoms with Gasteiger partial charge in [0, 0.05) is 32.0 Å². The minimum atomic E-state index is -3.31. The van der Waals surface area contributed by atoms with E-state index in [-0.39, 0.29) is 0 Å². The van der Waals surface area contributed by atoms with Crippen LogP contribution in [0.1, 0.15) is 19.5 Å². The van der Waals surface area contributed by atoms with E-state index < -0.39 is 10.0 Å². The molecule has 0 aromatic carbocycles. The van der Waals surface area contributed by atoms with E-state index in [0.29, 0.717) is 24.1 Å². The molecular formula is C10H18N4O2S. The Kier molecular flexibility index (Phi) is 4.41. The Morgan fingerprint density at radius 1 is 1.35 bits per heavy atom. The van der Waals surface area contributed by atoms with Crippen LogP contribution in [0.4, 0.5) is 5.82 Å². The van der Waals surface area contributed by atoms with Gasteiger partial charge in [-0.15, -0.1) is 0 Å². The van der Waals surface area contributed by atoms with E-state index in [2.05, 4.69) is 15.3 Å². The molecule has 0 atom stereocenters. The van der Waals surface area contributed by atoms with Crippen molar-refractivity contribution in [3.05, 3.63) is 18.1 Å². The van der Waals surface area contributed by atoms with E-state index in [0.717, 1.165) is 10.6 Å². The second kappa shape index (κ2) is 5.42. The molecule has 1 rings (SSSR count). The van der Waals surface area contributed by atoms with E-state index in [1.807, 2.05) is 13.8 Å². The van der Waals surface area contributed by atoms with Crippen molar-refractivity contribution >= 4 is 15.8 Å². The number of rotatable bonds is 5. The SMILES string of the molecule is CC(C)NCc1nccnc1N(C)S(C)(=O)=O. The molecule has 0 aliphatic heterocycles. The van der Waals surface area contributed by atoms with Gasteiger partial charge in [-0.1, -0.05) is 13.8 Å². The normalized spacial score (nSPS) is 11.8. The van der Waals surface area contributed by atoms with Crippen LogP contribution in [0.2, 0.25) is 0 Å². The Balaban J connectivity index is 3.00. The molecule has 0 amide bonds. The molecule has 96 valence electrons. The van der Waals surface area contributed by atoms with Gasteiger partial charge in [-0.3, -0.25) is 9.29 Å². The van der Waals surface area contributed by atoms with Crippen molar-refractivity contribution in [1.82, 2.24) is 15.3 Å². The van der Waals surface area contributed by atoms with Gasteiger partial charge in [0.15, 0.2) is 5.82 Å². The van der Waals surface area contributed by atoms with Gasteiger partial charge < -0.3 is 5.32 Å². The summed E-state index contributed by atoms with van der Waals surface area (Å²) in [6, 6.07) is 0.299. The first-order chi connectivity index (χ1) is 7.82. The van der Waals surface area contributed by atoms with Crippen LogP contribution >= 0.6 is 0 Å². The summed E-state index contributed by atoms with van der Waals surface area (Å²) in [5, 5.41) is 3.18. The smallest absolute Gasteiger partial charge is 0.233 e. The first-order valence-corrected chi connectivity index (χ1v) is 7.14. The number of nitrogens with zero attached hydrogens (tertiary/aromatic N) is 3. The van der Waals surface area contributed by atoms with Crippen LogP contribution in [0.25, 0.3) is 0 Å². The third-order valence-electron chi connectivity index (χ3n) is 2.23. The van der Waals surface area contributed by atoms with Gasteiger partial charge >= 0.3 is 0 Å². The Morgan fingerprint density at radius 3 is 2.47 bits per heavy atom. The number of sulfonamides is 1. The fraction of sp³-hybridized carbons (Fsp3) is 0.600. The van der Waals surface area contributed by atoms with E-state index in [1.165, 1.54) is 13.2 Å². The first kappa shape index (κ1) is 13.9. The number of anilines is 1. The lowest BCUT2D eigenvalue weighted by molar-refractivity contribution is 0.579. The summed E-state index contributed by atoms with van der Waals surface area (Å²) in [5.41, 5.74) is 0.620. The highest BCUT2D eigenvalue weighted by atomic mass is 32.2. The average molecular weight is 258 g/mol. The van der Waals surface area contributed by atoms with Crippen LogP contribution in [-0.2, 0) is 16.6 Å². The monoisotopic (exact) mass is 258 g/mol. The molecule has 1 heterocycles. The molecule has 0 spiro atoms. The molecule has 0 saturated heterocycles. The summed E-state index contributed by atoms with van der Waals surface area (Å²) < 4.78 is 24.1. The summed E-state index contributed by atoms with van der Waals surface area (Å²) in [4.78, 5) is 8.22. The summed E-state index contributed by atoms with van der Waals surface area (Å²) >= 11 is 0. The maximum absolute atomic E-state index is 11.5. The maximum Gasteiger partial charge on any atom is 0.233 e. The van der Waals surface area contributed by atoms with E-state index >= 15 is 0 Å².